The lowest BCUT2D eigenvalue weighted by atomic mass is 10.3. The van der Waals surface area contributed by atoms with Crippen LogP contribution in [0.25, 0.3) is 21.6 Å². The van der Waals surface area contributed by atoms with Gasteiger partial charge in [-0.3, -0.25) is 0 Å². The molecule has 1 saturated heterocycles. The van der Waals surface area contributed by atoms with E-state index in [1.165, 1.54) is 28.2 Å². The van der Waals surface area contributed by atoms with Gasteiger partial charge in [0.2, 0.25) is 10.0 Å². The fourth-order valence-corrected chi connectivity index (χ4v) is 4.53. The Labute approximate surface area is 167 Å². The predicted octanol–water partition coefficient (Wildman–Crippen LogP) is 1.38. The van der Waals surface area contributed by atoms with Crippen molar-refractivity contribution in [1.29, 1.82) is 0 Å². The van der Waals surface area contributed by atoms with E-state index in [2.05, 4.69) is 19.9 Å². The molecular weight excluding hydrogens is 400 g/mol. The molecule has 1 fully saturated rings. The van der Waals surface area contributed by atoms with Gasteiger partial charge in [0.05, 0.1) is 35.2 Å². The number of rotatable bonds is 5. The molecule has 0 N–H and O–H groups in total. The largest absolute Gasteiger partial charge is 0.378 e. The zero-order chi connectivity index (χ0) is 19.7. The van der Waals surface area contributed by atoms with Crippen LogP contribution in [-0.2, 0) is 21.3 Å². The summed E-state index contributed by atoms with van der Waals surface area (Å²) in [5, 5.41) is 0. The Morgan fingerprint density at radius 1 is 1.21 bits per heavy atom. The Kier molecular flexibility index (Phi) is 5.23. The van der Waals surface area contributed by atoms with E-state index >= 15 is 0 Å². The van der Waals surface area contributed by atoms with Crippen LogP contribution < -0.4 is 4.90 Å². The molecule has 1 aliphatic rings. The van der Waals surface area contributed by atoms with E-state index in [1.807, 2.05) is 6.07 Å². The lowest BCUT2D eigenvalue weighted by Gasteiger charge is -2.28. The van der Waals surface area contributed by atoms with Crippen LogP contribution in [0.2, 0.25) is 0 Å². The minimum atomic E-state index is -3.26. The van der Waals surface area contributed by atoms with Crippen LogP contribution in [-0.4, -0.2) is 72.3 Å². The highest BCUT2D eigenvalue weighted by Crippen LogP contribution is 2.34. The number of nitrogens with zero attached hydrogens (tertiary/aromatic N) is 6. The molecule has 0 bridgehead atoms. The third-order valence-corrected chi connectivity index (χ3v) is 6.85. The van der Waals surface area contributed by atoms with E-state index in [9.17, 15) is 8.42 Å². The number of fused-ring (bicyclic) bond motifs is 1. The van der Waals surface area contributed by atoms with Crippen molar-refractivity contribution in [3.8, 4) is 11.4 Å². The van der Waals surface area contributed by atoms with Crippen LogP contribution >= 0.6 is 11.3 Å². The number of ether oxygens (including phenoxy) is 1. The number of aromatic nitrogens is 4. The highest BCUT2D eigenvalue weighted by atomic mass is 32.2. The molecule has 0 unspecified atom stereocenters. The van der Waals surface area contributed by atoms with E-state index in [1.54, 1.807) is 19.4 Å². The molecule has 0 aliphatic carbocycles. The summed E-state index contributed by atoms with van der Waals surface area (Å²) in [6.45, 7) is 3.07. The summed E-state index contributed by atoms with van der Waals surface area (Å²) >= 11 is 1.52. The maximum atomic E-state index is 11.8. The molecule has 0 amide bonds. The minimum absolute atomic E-state index is 0.298. The van der Waals surface area contributed by atoms with Gasteiger partial charge in [0.15, 0.2) is 11.6 Å². The molecule has 0 spiro atoms. The van der Waals surface area contributed by atoms with E-state index in [4.69, 9.17) is 9.72 Å². The number of thiophene rings is 1. The molecular formula is C17H20N6O3S2. The smallest absolute Gasteiger partial charge is 0.211 e. The van der Waals surface area contributed by atoms with Crippen molar-refractivity contribution >= 4 is 37.4 Å². The topological polar surface area (TPSA) is 101 Å². The summed E-state index contributed by atoms with van der Waals surface area (Å²) in [7, 11) is -1.69. The second-order valence-electron chi connectivity index (χ2n) is 6.54. The van der Waals surface area contributed by atoms with Gasteiger partial charge in [-0.25, -0.2) is 32.7 Å². The Balaban J connectivity index is 1.80. The first kappa shape index (κ1) is 19.1. The molecule has 9 nitrogen and oxygen atoms in total. The summed E-state index contributed by atoms with van der Waals surface area (Å²) in [6, 6.07) is 1.93. The normalized spacial score (nSPS) is 15.5. The van der Waals surface area contributed by atoms with Gasteiger partial charge in [-0.2, -0.15) is 0 Å². The van der Waals surface area contributed by atoms with Gasteiger partial charge in [-0.15, -0.1) is 11.3 Å². The lowest BCUT2D eigenvalue weighted by molar-refractivity contribution is 0.122. The SMILES string of the molecule is CN(Cc1cc2nc(-c3cncnc3)nc(N3CCOCC3)c2s1)S(C)(=O)=O. The zero-order valence-electron chi connectivity index (χ0n) is 15.6. The Hall–Kier alpha value is -2.21. The summed E-state index contributed by atoms with van der Waals surface area (Å²) in [5.74, 6) is 1.39. The molecule has 148 valence electrons. The minimum Gasteiger partial charge on any atom is -0.378 e. The monoisotopic (exact) mass is 420 g/mol. The lowest BCUT2D eigenvalue weighted by Crippen LogP contribution is -2.36. The average Bonchev–Trinajstić information content (AvgIpc) is 3.10. The molecule has 0 radical (unpaired) electrons. The standard InChI is InChI=1S/C17H20N6O3S2/c1-22(28(2,24)25)10-13-7-14-15(27-13)17(23-3-5-26-6-4-23)21-16(20-14)12-8-18-11-19-9-12/h7-9,11H,3-6,10H2,1-2H3. The van der Waals surface area contributed by atoms with Crippen molar-refractivity contribution in [2.24, 2.45) is 0 Å². The van der Waals surface area contributed by atoms with E-state index in [0.717, 1.165) is 39.6 Å². The summed E-state index contributed by atoms with van der Waals surface area (Å²) in [4.78, 5) is 20.7. The second-order valence-corrected chi connectivity index (χ2v) is 9.77. The first-order valence-corrected chi connectivity index (χ1v) is 11.4. The first-order chi connectivity index (χ1) is 13.4. The van der Waals surface area contributed by atoms with E-state index in [-0.39, 0.29) is 0 Å². The van der Waals surface area contributed by atoms with Crippen LogP contribution in [0.1, 0.15) is 4.88 Å². The molecule has 28 heavy (non-hydrogen) atoms. The van der Waals surface area contributed by atoms with Crippen LogP contribution in [0, 0.1) is 0 Å². The zero-order valence-corrected chi connectivity index (χ0v) is 17.2. The van der Waals surface area contributed by atoms with Gasteiger partial charge in [-0.05, 0) is 6.07 Å². The number of hydrogen-bond acceptors (Lipinski definition) is 9. The summed E-state index contributed by atoms with van der Waals surface area (Å²) in [5.41, 5.74) is 1.53. The predicted molar refractivity (Wildman–Crippen MR) is 108 cm³/mol. The third-order valence-electron chi connectivity index (χ3n) is 4.48. The van der Waals surface area contributed by atoms with Crippen LogP contribution in [0.5, 0.6) is 0 Å². The van der Waals surface area contributed by atoms with Crippen molar-refractivity contribution in [3.05, 3.63) is 29.7 Å². The van der Waals surface area contributed by atoms with E-state index < -0.39 is 10.0 Å². The molecule has 0 atom stereocenters. The Morgan fingerprint density at radius 3 is 2.61 bits per heavy atom. The van der Waals surface area contributed by atoms with Gasteiger partial charge in [-0.1, -0.05) is 0 Å². The fraction of sp³-hybridized carbons (Fsp3) is 0.412. The molecule has 0 aromatic carbocycles. The molecule has 4 rings (SSSR count). The average molecular weight is 421 g/mol. The molecule has 4 heterocycles. The maximum absolute atomic E-state index is 11.8. The van der Waals surface area contributed by atoms with Crippen molar-refractivity contribution < 1.29 is 13.2 Å². The second kappa shape index (κ2) is 7.66. The van der Waals surface area contributed by atoms with Crippen LogP contribution in [0.15, 0.2) is 24.8 Å². The molecule has 3 aromatic rings. The Bertz CT molecular complexity index is 1080. The molecule has 0 saturated carbocycles. The third kappa shape index (κ3) is 3.97. The molecule has 11 heteroatoms. The van der Waals surface area contributed by atoms with Gasteiger partial charge in [0.1, 0.15) is 6.33 Å². The quantitative estimate of drug-likeness (QED) is 0.610. The highest BCUT2D eigenvalue weighted by Gasteiger charge is 2.21. The number of hydrogen-bond donors (Lipinski definition) is 0. The van der Waals surface area contributed by atoms with Gasteiger partial charge >= 0.3 is 0 Å². The summed E-state index contributed by atoms with van der Waals surface area (Å²) < 4.78 is 31.3. The van der Waals surface area contributed by atoms with Crippen molar-refractivity contribution in [2.75, 3.05) is 44.5 Å². The molecule has 3 aromatic heterocycles. The van der Waals surface area contributed by atoms with Crippen molar-refractivity contribution in [2.45, 2.75) is 6.54 Å². The van der Waals surface area contributed by atoms with Gasteiger partial charge in [0.25, 0.3) is 0 Å². The number of anilines is 1. The van der Waals surface area contributed by atoms with Crippen molar-refractivity contribution in [3.63, 3.8) is 0 Å². The maximum Gasteiger partial charge on any atom is 0.211 e. The number of morpholine rings is 1. The Morgan fingerprint density at radius 2 is 1.93 bits per heavy atom. The van der Waals surface area contributed by atoms with Crippen LogP contribution in [0.3, 0.4) is 0 Å². The first-order valence-electron chi connectivity index (χ1n) is 8.71. The molecule has 1 aliphatic heterocycles. The van der Waals surface area contributed by atoms with Crippen LogP contribution in [0.4, 0.5) is 5.82 Å². The highest BCUT2D eigenvalue weighted by molar-refractivity contribution is 7.88. The van der Waals surface area contributed by atoms with Gasteiger partial charge in [0, 0.05) is 44.0 Å². The van der Waals surface area contributed by atoms with Crippen molar-refractivity contribution in [1.82, 2.24) is 24.2 Å². The van der Waals surface area contributed by atoms with Gasteiger partial charge < -0.3 is 9.64 Å². The fourth-order valence-electron chi connectivity index (χ4n) is 2.91. The van der Waals surface area contributed by atoms with E-state index in [0.29, 0.717) is 25.6 Å². The number of sulfonamides is 1. The summed E-state index contributed by atoms with van der Waals surface area (Å²) in [6.07, 6.45) is 6.03.